The smallest absolute Gasteiger partial charge is 0.224 e. The quantitative estimate of drug-likeness (QED) is 0.806. The number of amides is 1. The van der Waals surface area contributed by atoms with Gasteiger partial charge in [0, 0.05) is 20.6 Å². The van der Waals surface area contributed by atoms with Crippen molar-refractivity contribution in [2.75, 3.05) is 26.4 Å². The summed E-state index contributed by atoms with van der Waals surface area (Å²) in [5.74, 6) is -0.372. The monoisotopic (exact) mass is 295 g/mol. The third-order valence-corrected chi connectivity index (χ3v) is 4.52. The van der Waals surface area contributed by atoms with Crippen LogP contribution < -0.4 is 5.32 Å². The Morgan fingerprint density at radius 1 is 1.30 bits per heavy atom. The SMILES string of the molecule is CN(C)S(=O)(=O)CCNC(=O)Cc1ccc(C#N)cc1. The van der Waals surface area contributed by atoms with E-state index in [1.54, 1.807) is 24.3 Å². The summed E-state index contributed by atoms with van der Waals surface area (Å²) in [6.45, 7) is 0.0790. The third-order valence-electron chi connectivity index (χ3n) is 2.69. The Morgan fingerprint density at radius 3 is 2.40 bits per heavy atom. The molecule has 0 radical (unpaired) electrons. The molecule has 1 aromatic rings. The topological polar surface area (TPSA) is 90.3 Å². The van der Waals surface area contributed by atoms with Crippen LogP contribution in [0, 0.1) is 11.3 Å². The highest BCUT2D eigenvalue weighted by Crippen LogP contribution is 2.04. The van der Waals surface area contributed by atoms with Crippen molar-refractivity contribution in [3.63, 3.8) is 0 Å². The number of hydrogen-bond acceptors (Lipinski definition) is 4. The lowest BCUT2D eigenvalue weighted by molar-refractivity contribution is -0.120. The van der Waals surface area contributed by atoms with Gasteiger partial charge >= 0.3 is 0 Å². The van der Waals surface area contributed by atoms with Crippen molar-refractivity contribution in [1.29, 1.82) is 5.26 Å². The fraction of sp³-hybridized carbons (Fsp3) is 0.385. The maximum Gasteiger partial charge on any atom is 0.224 e. The molecule has 1 amide bonds. The number of nitriles is 1. The molecular formula is C13H17N3O3S. The molecule has 0 fully saturated rings. The van der Waals surface area contributed by atoms with Crippen LogP contribution in [0.5, 0.6) is 0 Å². The number of nitrogens with zero attached hydrogens (tertiary/aromatic N) is 2. The van der Waals surface area contributed by atoms with Gasteiger partial charge in [-0.2, -0.15) is 5.26 Å². The molecule has 0 heterocycles. The number of sulfonamides is 1. The summed E-state index contributed by atoms with van der Waals surface area (Å²) in [5.41, 5.74) is 1.31. The average molecular weight is 295 g/mol. The lowest BCUT2D eigenvalue weighted by Crippen LogP contribution is -2.34. The largest absolute Gasteiger partial charge is 0.355 e. The zero-order chi connectivity index (χ0) is 15.2. The zero-order valence-corrected chi connectivity index (χ0v) is 12.3. The first-order chi connectivity index (χ1) is 9.35. The van der Waals surface area contributed by atoms with Gasteiger partial charge in [0.25, 0.3) is 0 Å². The van der Waals surface area contributed by atoms with Crippen LogP contribution in [-0.4, -0.2) is 45.0 Å². The highest BCUT2D eigenvalue weighted by molar-refractivity contribution is 7.89. The molecule has 0 atom stereocenters. The summed E-state index contributed by atoms with van der Waals surface area (Å²) in [5, 5.41) is 11.2. The van der Waals surface area contributed by atoms with Crippen LogP contribution in [0.3, 0.4) is 0 Å². The average Bonchev–Trinajstić information content (AvgIpc) is 2.39. The molecule has 0 aliphatic carbocycles. The van der Waals surface area contributed by atoms with Crippen LogP contribution in [0.1, 0.15) is 11.1 Å². The van der Waals surface area contributed by atoms with E-state index in [1.807, 2.05) is 6.07 Å². The van der Waals surface area contributed by atoms with Crippen molar-refractivity contribution in [1.82, 2.24) is 9.62 Å². The normalized spacial score (nSPS) is 11.1. The highest BCUT2D eigenvalue weighted by Gasteiger charge is 2.13. The van der Waals surface area contributed by atoms with E-state index in [0.717, 1.165) is 9.87 Å². The van der Waals surface area contributed by atoms with E-state index in [2.05, 4.69) is 5.32 Å². The van der Waals surface area contributed by atoms with Gasteiger partial charge in [0.15, 0.2) is 0 Å². The summed E-state index contributed by atoms with van der Waals surface area (Å²) in [6, 6.07) is 8.68. The Kier molecular flexibility index (Phi) is 5.67. The molecule has 108 valence electrons. The number of benzene rings is 1. The van der Waals surface area contributed by atoms with Gasteiger partial charge in [-0.15, -0.1) is 0 Å². The molecule has 7 heteroatoms. The Labute approximate surface area is 119 Å². The van der Waals surface area contributed by atoms with Gasteiger partial charge in [0.2, 0.25) is 15.9 Å². The lowest BCUT2D eigenvalue weighted by Gasteiger charge is -2.11. The maximum atomic E-state index is 11.6. The van der Waals surface area contributed by atoms with Crippen LogP contribution in [0.2, 0.25) is 0 Å². The van der Waals surface area contributed by atoms with E-state index < -0.39 is 10.0 Å². The van der Waals surface area contributed by atoms with Crippen LogP contribution in [0.4, 0.5) is 0 Å². The Hall–Kier alpha value is -1.91. The second kappa shape index (κ2) is 7.03. The second-order valence-corrected chi connectivity index (χ2v) is 6.74. The molecule has 1 N–H and O–H groups in total. The summed E-state index contributed by atoms with van der Waals surface area (Å²) in [6.07, 6.45) is 0.160. The molecule has 0 aromatic heterocycles. The fourth-order valence-electron chi connectivity index (χ4n) is 1.45. The first kappa shape index (κ1) is 16.1. The Bertz CT molecular complexity index is 601. The number of rotatable bonds is 6. The lowest BCUT2D eigenvalue weighted by atomic mass is 10.1. The first-order valence-corrected chi connectivity index (χ1v) is 7.62. The summed E-state index contributed by atoms with van der Waals surface area (Å²) in [4.78, 5) is 11.6. The molecule has 0 spiro atoms. The van der Waals surface area contributed by atoms with E-state index in [9.17, 15) is 13.2 Å². The molecule has 20 heavy (non-hydrogen) atoms. The van der Waals surface area contributed by atoms with E-state index in [4.69, 9.17) is 5.26 Å². The van der Waals surface area contributed by atoms with Crippen LogP contribution in [0.25, 0.3) is 0 Å². The van der Waals surface area contributed by atoms with E-state index in [0.29, 0.717) is 5.56 Å². The van der Waals surface area contributed by atoms with Gasteiger partial charge in [-0.3, -0.25) is 4.79 Å². The number of nitrogens with one attached hydrogen (secondary N) is 1. The number of carbonyl (C=O) groups excluding carboxylic acids is 1. The standard InChI is InChI=1S/C13H17N3O3S/c1-16(2)20(18,19)8-7-15-13(17)9-11-3-5-12(10-14)6-4-11/h3-6H,7-9H2,1-2H3,(H,15,17). The van der Waals surface area contributed by atoms with Crippen molar-refractivity contribution in [3.8, 4) is 6.07 Å². The van der Waals surface area contributed by atoms with Crippen molar-refractivity contribution < 1.29 is 13.2 Å². The van der Waals surface area contributed by atoms with Gasteiger partial charge in [-0.25, -0.2) is 12.7 Å². The Balaban J connectivity index is 2.43. The van der Waals surface area contributed by atoms with Crippen molar-refractivity contribution in [3.05, 3.63) is 35.4 Å². The molecule has 1 aromatic carbocycles. The van der Waals surface area contributed by atoms with Crippen molar-refractivity contribution in [2.24, 2.45) is 0 Å². The predicted octanol–water partition coefficient (Wildman–Crippen LogP) is 0.108. The number of hydrogen-bond donors (Lipinski definition) is 1. The van der Waals surface area contributed by atoms with Crippen LogP contribution in [0.15, 0.2) is 24.3 Å². The third kappa shape index (κ3) is 4.99. The summed E-state index contributed by atoms with van der Waals surface area (Å²) >= 11 is 0. The van der Waals surface area contributed by atoms with E-state index in [-0.39, 0.29) is 24.6 Å². The van der Waals surface area contributed by atoms with Crippen LogP contribution >= 0.6 is 0 Å². The first-order valence-electron chi connectivity index (χ1n) is 6.01. The minimum atomic E-state index is -3.29. The van der Waals surface area contributed by atoms with Gasteiger partial charge < -0.3 is 5.32 Å². The van der Waals surface area contributed by atoms with Gasteiger partial charge in [-0.1, -0.05) is 12.1 Å². The van der Waals surface area contributed by atoms with Gasteiger partial charge in [-0.05, 0) is 17.7 Å². The molecule has 0 aliphatic rings. The van der Waals surface area contributed by atoms with E-state index >= 15 is 0 Å². The van der Waals surface area contributed by atoms with E-state index in [1.165, 1.54) is 14.1 Å². The predicted molar refractivity (Wildman–Crippen MR) is 75.3 cm³/mol. The molecule has 0 aliphatic heterocycles. The van der Waals surface area contributed by atoms with Crippen molar-refractivity contribution >= 4 is 15.9 Å². The minimum Gasteiger partial charge on any atom is -0.355 e. The van der Waals surface area contributed by atoms with Gasteiger partial charge in [0.1, 0.15) is 0 Å². The fourth-order valence-corrected chi connectivity index (χ4v) is 2.17. The maximum absolute atomic E-state index is 11.6. The number of carbonyl (C=O) groups is 1. The molecule has 6 nitrogen and oxygen atoms in total. The minimum absolute atomic E-state index is 0.0790. The van der Waals surface area contributed by atoms with Gasteiger partial charge in [0.05, 0.1) is 23.8 Å². The molecule has 0 saturated carbocycles. The summed E-state index contributed by atoms with van der Waals surface area (Å²) in [7, 11) is -0.389. The van der Waals surface area contributed by atoms with Crippen molar-refractivity contribution in [2.45, 2.75) is 6.42 Å². The molecule has 0 unspecified atom stereocenters. The molecular weight excluding hydrogens is 278 g/mol. The summed E-state index contributed by atoms with van der Waals surface area (Å²) < 4.78 is 24.1. The molecule has 0 saturated heterocycles. The second-order valence-electron chi connectivity index (χ2n) is 4.43. The zero-order valence-electron chi connectivity index (χ0n) is 11.5. The molecule has 0 bridgehead atoms. The Morgan fingerprint density at radius 2 is 1.90 bits per heavy atom. The van der Waals surface area contributed by atoms with Crippen LogP contribution in [-0.2, 0) is 21.2 Å². The molecule has 1 rings (SSSR count). The highest BCUT2D eigenvalue weighted by atomic mass is 32.2.